The lowest BCUT2D eigenvalue weighted by atomic mass is 10.1. The quantitative estimate of drug-likeness (QED) is 0.265. The summed E-state index contributed by atoms with van der Waals surface area (Å²) in [6, 6.07) is 17.1. The average Bonchev–Trinajstić information content (AvgIpc) is 3.17. The van der Waals surface area contributed by atoms with Crippen molar-refractivity contribution in [1.29, 1.82) is 0 Å². The minimum Gasteiger partial charge on any atom is -0.494 e. The third-order valence-electron chi connectivity index (χ3n) is 5.53. The minimum atomic E-state index is -0.582. The molecule has 4 rings (SSSR count). The molecule has 0 aromatic heterocycles. The summed E-state index contributed by atoms with van der Waals surface area (Å²) in [6.45, 7) is 2.09. The van der Waals surface area contributed by atoms with Crippen LogP contribution in [-0.4, -0.2) is 42.2 Å². The zero-order valence-corrected chi connectivity index (χ0v) is 23.4. The molecule has 0 spiro atoms. The molecule has 202 valence electrons. The fourth-order valence-corrected chi connectivity index (χ4v) is 4.97. The van der Waals surface area contributed by atoms with Gasteiger partial charge in [-0.05, 0) is 67.2 Å². The lowest BCUT2D eigenvalue weighted by Crippen LogP contribution is -2.36. The highest BCUT2D eigenvalue weighted by molar-refractivity contribution is 8.18. The summed E-state index contributed by atoms with van der Waals surface area (Å²) in [5, 5.41) is 3.09. The number of nitrogens with zero attached hydrogens (tertiary/aromatic N) is 1. The number of hydrogen-bond acceptors (Lipinski definition) is 7. The number of methoxy groups -OCH3 is 1. The SMILES string of the molecule is CCOc1ccc(NC(=O)CN2C(=O)S/C(=C/c3cccc(OC)c3OCc3ccc(Cl)cc3Cl)C2=O)cc1. The molecule has 1 N–H and O–H groups in total. The number of carbonyl (C=O) groups is 3. The first kappa shape index (κ1) is 28.4. The van der Waals surface area contributed by atoms with E-state index in [2.05, 4.69) is 5.32 Å². The molecule has 3 aromatic carbocycles. The molecule has 0 saturated carbocycles. The predicted molar refractivity (Wildman–Crippen MR) is 153 cm³/mol. The molecule has 1 fully saturated rings. The first-order chi connectivity index (χ1) is 18.8. The molecule has 39 heavy (non-hydrogen) atoms. The topological polar surface area (TPSA) is 94.2 Å². The zero-order valence-electron chi connectivity index (χ0n) is 21.0. The molecule has 3 aromatic rings. The Balaban J connectivity index is 1.48. The van der Waals surface area contributed by atoms with Crippen LogP contribution in [0.15, 0.2) is 65.6 Å². The first-order valence-corrected chi connectivity index (χ1v) is 13.4. The zero-order chi connectivity index (χ0) is 27.9. The van der Waals surface area contributed by atoms with Crippen LogP contribution in [-0.2, 0) is 16.2 Å². The Morgan fingerprint density at radius 2 is 1.82 bits per heavy atom. The van der Waals surface area contributed by atoms with Gasteiger partial charge in [0.15, 0.2) is 11.5 Å². The molecule has 0 unspecified atom stereocenters. The molecule has 0 bridgehead atoms. The van der Waals surface area contributed by atoms with E-state index in [1.807, 2.05) is 6.92 Å². The Bertz CT molecular complexity index is 1430. The monoisotopic (exact) mass is 586 g/mol. The van der Waals surface area contributed by atoms with E-state index < -0.39 is 23.6 Å². The molecule has 8 nitrogen and oxygen atoms in total. The Kier molecular flexibility index (Phi) is 9.40. The number of amides is 3. The maximum Gasteiger partial charge on any atom is 0.294 e. The van der Waals surface area contributed by atoms with Crippen LogP contribution in [0, 0.1) is 0 Å². The number of ether oxygens (including phenoxy) is 3. The van der Waals surface area contributed by atoms with Gasteiger partial charge in [-0.25, -0.2) is 0 Å². The number of imide groups is 1. The number of nitrogens with one attached hydrogen (secondary N) is 1. The number of rotatable bonds is 10. The van der Waals surface area contributed by atoms with Crippen LogP contribution in [0.1, 0.15) is 18.1 Å². The van der Waals surface area contributed by atoms with Gasteiger partial charge in [-0.2, -0.15) is 0 Å². The highest BCUT2D eigenvalue weighted by Crippen LogP contribution is 2.38. The Morgan fingerprint density at radius 3 is 2.51 bits per heavy atom. The largest absolute Gasteiger partial charge is 0.494 e. The first-order valence-electron chi connectivity index (χ1n) is 11.8. The van der Waals surface area contributed by atoms with Gasteiger partial charge < -0.3 is 19.5 Å². The van der Waals surface area contributed by atoms with Crippen molar-refractivity contribution in [3.8, 4) is 17.2 Å². The summed E-state index contributed by atoms with van der Waals surface area (Å²) in [6.07, 6.45) is 1.54. The highest BCUT2D eigenvalue weighted by atomic mass is 35.5. The standard InChI is InChI=1S/C28H24Cl2N2O6S/c1-3-37-21-11-9-20(10-12-21)31-25(33)15-32-27(34)24(39-28(32)35)13-17-5-4-6-23(36-2)26(17)38-16-18-7-8-19(29)14-22(18)30/h4-14H,3,15-16H2,1-2H3,(H,31,33)/b24-13+. The van der Waals surface area contributed by atoms with E-state index in [1.54, 1.807) is 60.7 Å². The molecule has 11 heteroatoms. The average molecular weight is 587 g/mol. The van der Waals surface area contributed by atoms with Crippen LogP contribution in [0.3, 0.4) is 0 Å². The van der Waals surface area contributed by atoms with Crippen molar-refractivity contribution in [1.82, 2.24) is 4.90 Å². The Hall–Kier alpha value is -3.66. The van der Waals surface area contributed by atoms with E-state index in [-0.39, 0.29) is 11.5 Å². The van der Waals surface area contributed by atoms with E-state index in [9.17, 15) is 14.4 Å². The summed E-state index contributed by atoms with van der Waals surface area (Å²) >= 11 is 13.0. The van der Waals surface area contributed by atoms with Crippen molar-refractivity contribution in [3.05, 3.63) is 86.7 Å². The summed E-state index contributed by atoms with van der Waals surface area (Å²) < 4.78 is 16.9. The maximum absolute atomic E-state index is 13.1. The second-order valence-electron chi connectivity index (χ2n) is 8.18. The van der Waals surface area contributed by atoms with E-state index >= 15 is 0 Å². The van der Waals surface area contributed by atoms with Gasteiger partial charge in [-0.3, -0.25) is 19.3 Å². The summed E-state index contributed by atoms with van der Waals surface area (Å²) in [4.78, 5) is 39.3. The number of hydrogen-bond donors (Lipinski definition) is 1. The molecule has 1 heterocycles. The summed E-state index contributed by atoms with van der Waals surface area (Å²) in [7, 11) is 1.50. The van der Waals surface area contributed by atoms with E-state index in [4.69, 9.17) is 37.4 Å². The predicted octanol–water partition coefficient (Wildman–Crippen LogP) is 6.65. The van der Waals surface area contributed by atoms with Crippen molar-refractivity contribution in [2.24, 2.45) is 0 Å². The van der Waals surface area contributed by atoms with Crippen LogP contribution < -0.4 is 19.5 Å². The van der Waals surface area contributed by atoms with E-state index in [1.165, 1.54) is 13.2 Å². The van der Waals surface area contributed by atoms with Crippen LogP contribution >= 0.6 is 35.0 Å². The second kappa shape index (κ2) is 12.9. The number of benzene rings is 3. The van der Waals surface area contributed by atoms with Crippen LogP contribution in [0.4, 0.5) is 10.5 Å². The Morgan fingerprint density at radius 1 is 1.05 bits per heavy atom. The molecule has 0 radical (unpaired) electrons. The van der Waals surface area contributed by atoms with Gasteiger partial charge >= 0.3 is 0 Å². The van der Waals surface area contributed by atoms with Crippen molar-refractivity contribution >= 4 is 63.8 Å². The molecule has 0 atom stereocenters. The molecule has 3 amide bonds. The lowest BCUT2D eigenvalue weighted by molar-refractivity contribution is -0.127. The fourth-order valence-electron chi connectivity index (χ4n) is 3.67. The summed E-state index contributed by atoms with van der Waals surface area (Å²) in [5.74, 6) is 0.381. The molecular formula is C28H24Cl2N2O6S. The molecular weight excluding hydrogens is 563 g/mol. The molecule has 1 aliphatic rings. The van der Waals surface area contributed by atoms with E-state index in [0.717, 1.165) is 16.7 Å². The maximum atomic E-state index is 13.1. The van der Waals surface area contributed by atoms with Gasteiger partial charge in [0.2, 0.25) is 5.91 Å². The molecule has 0 aliphatic carbocycles. The van der Waals surface area contributed by atoms with Crippen LogP contribution in [0.5, 0.6) is 17.2 Å². The third kappa shape index (κ3) is 7.06. The van der Waals surface area contributed by atoms with Gasteiger partial charge in [0.05, 0.1) is 18.6 Å². The smallest absolute Gasteiger partial charge is 0.294 e. The number of anilines is 1. The number of thioether (sulfide) groups is 1. The highest BCUT2D eigenvalue weighted by Gasteiger charge is 2.36. The van der Waals surface area contributed by atoms with Gasteiger partial charge in [0.25, 0.3) is 11.1 Å². The van der Waals surface area contributed by atoms with Gasteiger partial charge in [-0.15, -0.1) is 0 Å². The van der Waals surface area contributed by atoms with Crippen LogP contribution in [0.2, 0.25) is 10.0 Å². The molecule has 1 aliphatic heterocycles. The van der Waals surface area contributed by atoms with Gasteiger partial charge in [0.1, 0.15) is 18.9 Å². The van der Waals surface area contributed by atoms with E-state index in [0.29, 0.717) is 50.7 Å². The van der Waals surface area contributed by atoms with Gasteiger partial charge in [0, 0.05) is 26.9 Å². The fraction of sp³-hybridized carbons (Fsp3) is 0.179. The van der Waals surface area contributed by atoms with Crippen molar-refractivity contribution < 1.29 is 28.6 Å². The number of para-hydroxylation sites is 1. The van der Waals surface area contributed by atoms with Crippen molar-refractivity contribution in [2.45, 2.75) is 13.5 Å². The van der Waals surface area contributed by atoms with Gasteiger partial charge in [-0.1, -0.05) is 41.4 Å². The lowest BCUT2D eigenvalue weighted by Gasteiger charge is -2.15. The second-order valence-corrected chi connectivity index (χ2v) is 10.0. The molecule has 1 saturated heterocycles. The summed E-state index contributed by atoms with van der Waals surface area (Å²) in [5.41, 5.74) is 1.74. The Labute approximate surface area is 239 Å². The number of halogens is 2. The van der Waals surface area contributed by atoms with Crippen molar-refractivity contribution in [2.75, 3.05) is 25.6 Å². The minimum absolute atomic E-state index is 0.115. The third-order valence-corrected chi connectivity index (χ3v) is 7.02. The normalized spacial score (nSPS) is 14.1. The van der Waals surface area contributed by atoms with Crippen LogP contribution in [0.25, 0.3) is 6.08 Å². The number of carbonyl (C=O) groups excluding carboxylic acids is 3. The van der Waals surface area contributed by atoms with Crippen molar-refractivity contribution in [3.63, 3.8) is 0 Å².